The highest BCUT2D eigenvalue weighted by atomic mass is 16.5. The van der Waals surface area contributed by atoms with E-state index in [1.165, 1.54) is 0 Å². The molecule has 0 spiro atoms. The highest BCUT2D eigenvalue weighted by molar-refractivity contribution is 5.84. The molecule has 1 aliphatic rings. The van der Waals surface area contributed by atoms with E-state index in [9.17, 15) is 9.59 Å². The Balaban J connectivity index is 2.04. The molecule has 1 aromatic heterocycles. The van der Waals surface area contributed by atoms with E-state index in [4.69, 9.17) is 9.15 Å². The second kappa shape index (κ2) is 11.7. The van der Waals surface area contributed by atoms with E-state index in [1.54, 1.807) is 16.1 Å². The van der Waals surface area contributed by atoms with Gasteiger partial charge in [0, 0.05) is 25.7 Å². The van der Waals surface area contributed by atoms with Crippen LogP contribution in [-0.2, 0) is 16.1 Å². The monoisotopic (exact) mass is 393 g/mol. The van der Waals surface area contributed by atoms with E-state index in [1.807, 2.05) is 26.0 Å². The maximum absolute atomic E-state index is 13.1. The molecule has 1 aliphatic heterocycles. The summed E-state index contributed by atoms with van der Waals surface area (Å²) >= 11 is 0. The number of urea groups is 1. The summed E-state index contributed by atoms with van der Waals surface area (Å²) in [6.07, 6.45) is 6.36. The summed E-state index contributed by atoms with van der Waals surface area (Å²) < 4.78 is 11.2. The van der Waals surface area contributed by atoms with E-state index in [2.05, 4.69) is 12.2 Å². The molecular formula is C21H35N3O4. The highest BCUT2D eigenvalue weighted by Gasteiger charge is 2.27. The zero-order chi connectivity index (χ0) is 20.4. The van der Waals surface area contributed by atoms with Crippen LogP contribution in [0.2, 0.25) is 0 Å². The maximum Gasteiger partial charge on any atom is 0.318 e. The summed E-state index contributed by atoms with van der Waals surface area (Å²) in [4.78, 5) is 29.2. The zero-order valence-corrected chi connectivity index (χ0v) is 17.5. The lowest BCUT2D eigenvalue weighted by molar-refractivity contribution is -0.134. The smallest absolute Gasteiger partial charge is 0.318 e. The Labute approximate surface area is 168 Å². The van der Waals surface area contributed by atoms with Crippen LogP contribution in [0, 0.1) is 0 Å². The van der Waals surface area contributed by atoms with Crippen molar-refractivity contribution in [3.8, 4) is 0 Å². The molecule has 0 saturated carbocycles. The van der Waals surface area contributed by atoms with Gasteiger partial charge in [0.1, 0.15) is 12.3 Å². The summed E-state index contributed by atoms with van der Waals surface area (Å²) in [5.74, 6) is 0.645. The second-order valence-electron chi connectivity index (χ2n) is 7.46. The van der Waals surface area contributed by atoms with Gasteiger partial charge < -0.3 is 24.3 Å². The predicted molar refractivity (Wildman–Crippen MR) is 108 cm³/mol. The van der Waals surface area contributed by atoms with E-state index in [0.717, 1.165) is 44.5 Å². The summed E-state index contributed by atoms with van der Waals surface area (Å²) in [6.45, 7) is 8.41. The summed E-state index contributed by atoms with van der Waals surface area (Å²) in [6, 6.07) is 3.49. The van der Waals surface area contributed by atoms with Crippen LogP contribution in [-0.4, -0.2) is 60.1 Å². The SMILES string of the molecule is CCCCNC(=O)N(CC(=O)N(Cc1ccco1)C[C@H]1CCCO1)[C@@H](C)CC. The Kier molecular flexibility index (Phi) is 9.34. The lowest BCUT2D eigenvalue weighted by Crippen LogP contribution is -2.51. The molecule has 28 heavy (non-hydrogen) atoms. The lowest BCUT2D eigenvalue weighted by Gasteiger charge is -2.32. The normalized spacial score (nSPS) is 17.3. The Bertz CT molecular complexity index is 584. The minimum absolute atomic E-state index is 0.0150. The molecule has 0 aromatic carbocycles. The Hall–Kier alpha value is -2.02. The summed E-state index contributed by atoms with van der Waals surface area (Å²) in [5, 5.41) is 2.93. The highest BCUT2D eigenvalue weighted by Crippen LogP contribution is 2.16. The van der Waals surface area contributed by atoms with Crippen LogP contribution in [0.4, 0.5) is 4.79 Å². The molecule has 1 N–H and O–H groups in total. The molecule has 0 unspecified atom stereocenters. The first-order valence-corrected chi connectivity index (χ1v) is 10.5. The van der Waals surface area contributed by atoms with Crippen molar-refractivity contribution in [1.29, 1.82) is 0 Å². The molecule has 1 aromatic rings. The Morgan fingerprint density at radius 1 is 1.36 bits per heavy atom. The molecule has 158 valence electrons. The summed E-state index contributed by atoms with van der Waals surface area (Å²) in [5.41, 5.74) is 0. The van der Waals surface area contributed by atoms with E-state index in [0.29, 0.717) is 19.6 Å². The number of rotatable bonds is 11. The molecular weight excluding hydrogens is 358 g/mol. The third-order valence-electron chi connectivity index (χ3n) is 5.22. The third kappa shape index (κ3) is 6.86. The van der Waals surface area contributed by atoms with Crippen molar-refractivity contribution in [2.45, 2.75) is 71.6 Å². The molecule has 2 atom stereocenters. The molecule has 0 bridgehead atoms. The average molecular weight is 394 g/mol. The molecule has 2 heterocycles. The van der Waals surface area contributed by atoms with Crippen LogP contribution < -0.4 is 5.32 Å². The van der Waals surface area contributed by atoms with Gasteiger partial charge in [0.2, 0.25) is 5.91 Å². The van der Waals surface area contributed by atoms with Crippen molar-refractivity contribution in [2.75, 3.05) is 26.2 Å². The van der Waals surface area contributed by atoms with Gasteiger partial charge >= 0.3 is 6.03 Å². The van der Waals surface area contributed by atoms with Gasteiger partial charge in [-0.15, -0.1) is 0 Å². The van der Waals surface area contributed by atoms with Gasteiger partial charge in [-0.05, 0) is 44.7 Å². The lowest BCUT2D eigenvalue weighted by atomic mass is 10.2. The van der Waals surface area contributed by atoms with Crippen molar-refractivity contribution in [3.05, 3.63) is 24.2 Å². The fourth-order valence-electron chi connectivity index (χ4n) is 3.25. The molecule has 0 radical (unpaired) electrons. The predicted octanol–water partition coefficient (Wildman–Crippen LogP) is 3.40. The first-order chi connectivity index (χ1) is 13.5. The fraction of sp³-hybridized carbons (Fsp3) is 0.714. The van der Waals surface area contributed by atoms with E-state index < -0.39 is 0 Å². The minimum atomic E-state index is -0.175. The van der Waals surface area contributed by atoms with Gasteiger partial charge in [0.05, 0.1) is 18.9 Å². The fourth-order valence-corrected chi connectivity index (χ4v) is 3.25. The molecule has 0 aliphatic carbocycles. The average Bonchev–Trinajstić information content (AvgIpc) is 3.39. The number of hydrogen-bond acceptors (Lipinski definition) is 4. The number of furan rings is 1. The first-order valence-electron chi connectivity index (χ1n) is 10.5. The van der Waals surface area contributed by atoms with Crippen LogP contribution in [0.15, 0.2) is 22.8 Å². The molecule has 7 nitrogen and oxygen atoms in total. The van der Waals surface area contributed by atoms with Gasteiger partial charge in [-0.2, -0.15) is 0 Å². The quantitative estimate of drug-likeness (QED) is 0.585. The Morgan fingerprint density at radius 2 is 2.18 bits per heavy atom. The number of nitrogens with zero attached hydrogens (tertiary/aromatic N) is 2. The molecule has 3 amide bonds. The first kappa shape index (κ1) is 22.3. The standard InChI is InChI=1S/C21H35N3O4/c1-4-6-11-22-21(26)24(17(3)5-2)16-20(25)23(14-18-9-7-12-27-18)15-19-10-8-13-28-19/h7,9,12,17,19H,4-6,8,10-11,13-16H2,1-3H3,(H,22,26)/t17-,19+/m0/s1. The van der Waals surface area contributed by atoms with Crippen LogP contribution in [0.25, 0.3) is 0 Å². The van der Waals surface area contributed by atoms with Gasteiger partial charge in [0.25, 0.3) is 0 Å². The van der Waals surface area contributed by atoms with Crippen LogP contribution in [0.1, 0.15) is 58.6 Å². The van der Waals surface area contributed by atoms with E-state index >= 15 is 0 Å². The van der Waals surface area contributed by atoms with Crippen molar-refractivity contribution < 1.29 is 18.7 Å². The Morgan fingerprint density at radius 3 is 2.79 bits per heavy atom. The number of ether oxygens (including phenoxy) is 1. The van der Waals surface area contributed by atoms with Crippen molar-refractivity contribution in [1.82, 2.24) is 15.1 Å². The largest absolute Gasteiger partial charge is 0.467 e. The number of carbonyl (C=O) groups is 2. The molecule has 7 heteroatoms. The van der Waals surface area contributed by atoms with Gasteiger partial charge in [-0.3, -0.25) is 4.79 Å². The number of amides is 3. The van der Waals surface area contributed by atoms with Crippen molar-refractivity contribution >= 4 is 11.9 Å². The van der Waals surface area contributed by atoms with Crippen molar-refractivity contribution in [3.63, 3.8) is 0 Å². The maximum atomic E-state index is 13.1. The number of hydrogen-bond donors (Lipinski definition) is 1. The van der Waals surface area contributed by atoms with E-state index in [-0.39, 0.29) is 30.6 Å². The zero-order valence-electron chi connectivity index (χ0n) is 17.5. The topological polar surface area (TPSA) is 75.0 Å². The van der Waals surface area contributed by atoms with Gasteiger partial charge in [-0.25, -0.2) is 4.79 Å². The minimum Gasteiger partial charge on any atom is -0.467 e. The van der Waals surface area contributed by atoms with Gasteiger partial charge in [-0.1, -0.05) is 20.3 Å². The molecule has 2 rings (SSSR count). The number of nitrogens with one attached hydrogen (secondary N) is 1. The number of unbranched alkanes of at least 4 members (excludes halogenated alkanes) is 1. The van der Waals surface area contributed by atoms with Crippen molar-refractivity contribution in [2.24, 2.45) is 0 Å². The van der Waals surface area contributed by atoms with Crippen LogP contribution >= 0.6 is 0 Å². The van der Waals surface area contributed by atoms with Gasteiger partial charge in [0.15, 0.2) is 0 Å². The second-order valence-corrected chi connectivity index (χ2v) is 7.46. The third-order valence-corrected chi connectivity index (χ3v) is 5.22. The molecule has 1 saturated heterocycles. The van der Waals surface area contributed by atoms with Crippen LogP contribution in [0.5, 0.6) is 0 Å². The number of carbonyl (C=O) groups excluding carboxylic acids is 2. The molecule has 1 fully saturated rings. The summed E-state index contributed by atoms with van der Waals surface area (Å²) in [7, 11) is 0. The van der Waals surface area contributed by atoms with Crippen LogP contribution in [0.3, 0.4) is 0 Å².